The predicted molar refractivity (Wildman–Crippen MR) is 67.8 cm³/mol. The van der Waals surface area contributed by atoms with E-state index in [1.807, 2.05) is 6.92 Å². The van der Waals surface area contributed by atoms with Gasteiger partial charge in [0, 0.05) is 0 Å². The number of ether oxygens (including phenoxy) is 1. The summed E-state index contributed by atoms with van der Waals surface area (Å²) in [5.74, 6) is 0.0447. The lowest BCUT2D eigenvalue weighted by atomic mass is 10.1. The summed E-state index contributed by atoms with van der Waals surface area (Å²) in [7, 11) is 0. The number of amides is 1. The molecule has 1 aromatic rings. The number of rotatable bonds is 7. The van der Waals surface area contributed by atoms with Gasteiger partial charge in [0.1, 0.15) is 11.8 Å². The first-order valence-corrected chi connectivity index (χ1v) is 5.81. The van der Waals surface area contributed by atoms with Crippen LogP contribution >= 0.6 is 0 Å². The van der Waals surface area contributed by atoms with Gasteiger partial charge in [0.2, 0.25) is 0 Å². The average Bonchev–Trinajstić information content (AvgIpc) is 2.38. The molecule has 0 bridgehead atoms. The third-order valence-electron chi connectivity index (χ3n) is 2.32. The van der Waals surface area contributed by atoms with Crippen molar-refractivity contribution in [2.45, 2.75) is 19.4 Å². The van der Waals surface area contributed by atoms with E-state index in [1.165, 1.54) is 0 Å². The van der Waals surface area contributed by atoms with E-state index in [9.17, 15) is 4.79 Å². The monoisotopic (exact) mass is 247 g/mol. The second-order valence-corrected chi connectivity index (χ2v) is 3.84. The Hall–Kier alpha value is -2.06. The van der Waals surface area contributed by atoms with Gasteiger partial charge in [-0.2, -0.15) is 5.26 Å². The zero-order valence-corrected chi connectivity index (χ0v) is 10.3. The lowest BCUT2D eigenvalue weighted by molar-refractivity contribution is -0.119. The summed E-state index contributed by atoms with van der Waals surface area (Å²) in [5, 5.41) is 12.2. The summed E-state index contributed by atoms with van der Waals surface area (Å²) in [4.78, 5) is 10.6. The van der Waals surface area contributed by atoms with Crippen molar-refractivity contribution in [3.8, 4) is 11.8 Å². The van der Waals surface area contributed by atoms with E-state index < -0.39 is 5.91 Å². The van der Waals surface area contributed by atoms with Crippen molar-refractivity contribution in [2.75, 3.05) is 13.2 Å². The lowest BCUT2D eigenvalue weighted by Crippen LogP contribution is -2.21. The van der Waals surface area contributed by atoms with E-state index in [2.05, 4.69) is 11.4 Å². The van der Waals surface area contributed by atoms with Crippen LogP contribution in [0.1, 0.15) is 24.9 Å². The number of carbonyl (C=O) groups excluding carboxylic acids is 1. The number of carbonyl (C=O) groups is 1. The van der Waals surface area contributed by atoms with Gasteiger partial charge in [-0.3, -0.25) is 10.1 Å². The van der Waals surface area contributed by atoms with Gasteiger partial charge in [0.25, 0.3) is 5.91 Å². The van der Waals surface area contributed by atoms with Gasteiger partial charge >= 0.3 is 0 Å². The molecule has 0 spiro atoms. The Bertz CT molecular complexity index is 423. The van der Waals surface area contributed by atoms with Gasteiger partial charge in [0.05, 0.1) is 6.07 Å². The van der Waals surface area contributed by atoms with Gasteiger partial charge in [-0.1, -0.05) is 19.1 Å². The molecule has 0 aromatic heterocycles. The van der Waals surface area contributed by atoms with Crippen LogP contribution < -0.4 is 15.8 Å². The topological polar surface area (TPSA) is 88.1 Å². The molecule has 0 saturated carbocycles. The van der Waals surface area contributed by atoms with Crippen molar-refractivity contribution in [1.29, 1.82) is 5.26 Å². The molecule has 3 N–H and O–H groups in total. The Morgan fingerprint density at radius 2 is 2.17 bits per heavy atom. The minimum absolute atomic E-state index is 0.144. The Balaban J connectivity index is 2.63. The van der Waals surface area contributed by atoms with Gasteiger partial charge in [0.15, 0.2) is 6.61 Å². The first kappa shape index (κ1) is 14.0. The zero-order valence-electron chi connectivity index (χ0n) is 10.3. The molecule has 0 aliphatic carbocycles. The fraction of sp³-hybridized carbons (Fsp3) is 0.385. The van der Waals surface area contributed by atoms with Crippen molar-refractivity contribution >= 4 is 5.91 Å². The first-order valence-electron chi connectivity index (χ1n) is 5.81. The molecule has 1 unspecified atom stereocenters. The average molecular weight is 247 g/mol. The highest BCUT2D eigenvalue weighted by Crippen LogP contribution is 2.17. The van der Waals surface area contributed by atoms with Gasteiger partial charge in [-0.25, -0.2) is 0 Å². The molecule has 5 nitrogen and oxygen atoms in total. The summed E-state index contributed by atoms with van der Waals surface area (Å²) in [6.07, 6.45) is 0.970. The Kier molecular flexibility index (Phi) is 5.68. The minimum Gasteiger partial charge on any atom is -0.484 e. The fourth-order valence-electron chi connectivity index (χ4n) is 1.44. The predicted octanol–water partition coefficient (Wildman–Crippen LogP) is 1.11. The highest BCUT2D eigenvalue weighted by molar-refractivity contribution is 5.75. The fourth-order valence-corrected chi connectivity index (χ4v) is 1.44. The Morgan fingerprint density at radius 3 is 2.67 bits per heavy atom. The molecule has 0 saturated heterocycles. The van der Waals surface area contributed by atoms with Crippen LogP contribution in [0.5, 0.6) is 5.75 Å². The molecule has 5 heteroatoms. The third kappa shape index (κ3) is 4.44. The van der Waals surface area contributed by atoms with Gasteiger partial charge in [-0.05, 0) is 30.7 Å². The third-order valence-corrected chi connectivity index (χ3v) is 2.32. The molecule has 0 radical (unpaired) electrons. The second-order valence-electron chi connectivity index (χ2n) is 3.84. The molecule has 0 aliphatic heterocycles. The van der Waals surface area contributed by atoms with Gasteiger partial charge < -0.3 is 10.5 Å². The maximum atomic E-state index is 10.6. The van der Waals surface area contributed by atoms with Crippen molar-refractivity contribution in [3.05, 3.63) is 29.8 Å². The Morgan fingerprint density at radius 1 is 1.50 bits per heavy atom. The SMILES string of the molecule is CCCNC(C#N)c1ccc(OCC(N)=O)cc1. The molecule has 1 amide bonds. The molecule has 0 heterocycles. The molecule has 0 aliphatic rings. The van der Waals surface area contributed by atoms with Crippen molar-refractivity contribution in [1.82, 2.24) is 5.32 Å². The van der Waals surface area contributed by atoms with Crippen LogP contribution in [0.25, 0.3) is 0 Å². The van der Waals surface area contributed by atoms with Crippen LogP contribution in [0.2, 0.25) is 0 Å². The Labute approximate surface area is 107 Å². The van der Waals surface area contributed by atoms with Crippen LogP contribution in [-0.2, 0) is 4.79 Å². The number of primary amides is 1. The number of hydrogen-bond acceptors (Lipinski definition) is 4. The maximum absolute atomic E-state index is 10.6. The summed E-state index contributed by atoms with van der Waals surface area (Å²) >= 11 is 0. The van der Waals surface area contributed by atoms with Crippen LogP contribution in [0, 0.1) is 11.3 Å². The lowest BCUT2D eigenvalue weighted by Gasteiger charge is -2.11. The number of nitriles is 1. The minimum atomic E-state index is -0.515. The first-order chi connectivity index (χ1) is 8.67. The summed E-state index contributed by atoms with van der Waals surface area (Å²) < 4.78 is 5.14. The smallest absolute Gasteiger partial charge is 0.255 e. The van der Waals surface area contributed by atoms with Crippen LogP contribution in [0.4, 0.5) is 0 Å². The molecular formula is C13H17N3O2. The number of nitrogens with two attached hydrogens (primary N) is 1. The van der Waals surface area contributed by atoms with Crippen molar-refractivity contribution in [3.63, 3.8) is 0 Å². The number of hydrogen-bond donors (Lipinski definition) is 2. The van der Waals surface area contributed by atoms with Crippen molar-refractivity contribution < 1.29 is 9.53 Å². The molecule has 1 aromatic carbocycles. The normalized spacial score (nSPS) is 11.6. The highest BCUT2D eigenvalue weighted by Gasteiger charge is 2.08. The van der Waals surface area contributed by atoms with Crippen molar-refractivity contribution in [2.24, 2.45) is 5.73 Å². The van der Waals surface area contributed by atoms with Crippen LogP contribution in [-0.4, -0.2) is 19.1 Å². The summed E-state index contributed by atoms with van der Waals surface area (Å²) in [5.41, 5.74) is 5.85. The van der Waals surface area contributed by atoms with Crippen LogP contribution in [0.3, 0.4) is 0 Å². The summed E-state index contributed by atoms with van der Waals surface area (Å²) in [6, 6.07) is 8.91. The standard InChI is InChI=1S/C13H17N3O2/c1-2-7-16-12(8-14)10-3-5-11(6-4-10)18-9-13(15)17/h3-6,12,16H,2,7,9H2,1H3,(H2,15,17). The molecule has 1 rings (SSSR count). The molecular weight excluding hydrogens is 230 g/mol. The summed E-state index contributed by atoms with van der Waals surface area (Å²) in [6.45, 7) is 2.69. The maximum Gasteiger partial charge on any atom is 0.255 e. The number of benzene rings is 1. The van der Waals surface area contributed by atoms with Gasteiger partial charge in [-0.15, -0.1) is 0 Å². The second kappa shape index (κ2) is 7.30. The van der Waals surface area contributed by atoms with E-state index >= 15 is 0 Å². The number of nitrogens with zero attached hydrogens (tertiary/aromatic N) is 1. The largest absolute Gasteiger partial charge is 0.484 e. The molecule has 0 fully saturated rings. The van der Waals surface area contributed by atoms with Crippen LogP contribution in [0.15, 0.2) is 24.3 Å². The number of nitrogens with one attached hydrogen (secondary N) is 1. The highest BCUT2D eigenvalue weighted by atomic mass is 16.5. The van der Waals surface area contributed by atoms with E-state index in [4.69, 9.17) is 15.7 Å². The van der Waals surface area contributed by atoms with E-state index in [0.29, 0.717) is 5.75 Å². The quantitative estimate of drug-likeness (QED) is 0.755. The van der Waals surface area contributed by atoms with E-state index in [1.54, 1.807) is 24.3 Å². The zero-order chi connectivity index (χ0) is 13.4. The molecule has 18 heavy (non-hydrogen) atoms. The van der Waals surface area contributed by atoms with E-state index in [0.717, 1.165) is 18.5 Å². The molecule has 1 atom stereocenters. The van der Waals surface area contributed by atoms with E-state index in [-0.39, 0.29) is 12.6 Å². The molecule has 96 valence electrons.